The Morgan fingerprint density at radius 3 is 2.39 bits per heavy atom. The van der Waals surface area contributed by atoms with E-state index in [4.69, 9.17) is 4.74 Å². The first-order valence-electron chi connectivity index (χ1n) is 8.50. The maximum atomic E-state index is 12.1. The lowest BCUT2D eigenvalue weighted by molar-refractivity contribution is 0.106. The summed E-state index contributed by atoms with van der Waals surface area (Å²) in [6, 6.07) is -0.168. The van der Waals surface area contributed by atoms with Crippen LogP contribution in [-0.4, -0.2) is 62.4 Å². The molecular weight excluding hydrogens is 296 g/mol. The smallest absolute Gasteiger partial charge is 0.317 e. The minimum atomic E-state index is -0.305. The summed E-state index contributed by atoms with van der Waals surface area (Å²) >= 11 is 0. The van der Waals surface area contributed by atoms with Crippen molar-refractivity contribution in [3.8, 4) is 0 Å². The van der Waals surface area contributed by atoms with Gasteiger partial charge in [-0.15, -0.1) is 0 Å². The topological polar surface area (TPSA) is 82.7 Å². The van der Waals surface area contributed by atoms with Crippen LogP contribution < -0.4 is 16.0 Å². The third kappa shape index (κ3) is 6.64. The van der Waals surface area contributed by atoms with Crippen molar-refractivity contribution in [1.29, 1.82) is 0 Å². The monoisotopic (exact) mass is 328 g/mol. The summed E-state index contributed by atoms with van der Waals surface area (Å²) in [7, 11) is 1.66. The molecule has 0 unspecified atom stereocenters. The Bertz CT molecular complexity index is 380. The molecule has 1 aliphatic rings. The molecule has 3 N–H and O–H groups in total. The summed E-state index contributed by atoms with van der Waals surface area (Å²) in [4.78, 5) is 25.9. The van der Waals surface area contributed by atoms with Crippen LogP contribution in [0.25, 0.3) is 0 Å². The Balaban J connectivity index is 2.59. The first kappa shape index (κ1) is 19.5. The van der Waals surface area contributed by atoms with E-state index in [1.165, 1.54) is 0 Å². The fourth-order valence-electron chi connectivity index (χ4n) is 2.72. The molecule has 4 amide bonds. The summed E-state index contributed by atoms with van der Waals surface area (Å²) in [5.74, 6) is 0.412. The van der Waals surface area contributed by atoms with Gasteiger partial charge in [-0.25, -0.2) is 9.59 Å². The highest BCUT2D eigenvalue weighted by atomic mass is 16.5. The number of rotatable bonds is 7. The van der Waals surface area contributed by atoms with Gasteiger partial charge < -0.3 is 25.6 Å². The maximum absolute atomic E-state index is 12.1. The Morgan fingerprint density at radius 2 is 1.87 bits per heavy atom. The van der Waals surface area contributed by atoms with Gasteiger partial charge in [0.05, 0.1) is 0 Å². The van der Waals surface area contributed by atoms with Gasteiger partial charge in [-0.2, -0.15) is 0 Å². The molecule has 23 heavy (non-hydrogen) atoms. The standard InChI is InChI=1S/C16H32N4O3/c1-5-17-15(22)20-9-6-16(7-10-20,8-11-23-4)19-14(21)18-12-13(2)3/h13H,5-12H2,1-4H3,(H,17,22)(H2,18,19,21). The molecule has 134 valence electrons. The van der Waals surface area contributed by atoms with Gasteiger partial charge in [0.1, 0.15) is 0 Å². The van der Waals surface area contributed by atoms with Crippen molar-refractivity contribution >= 4 is 12.1 Å². The number of nitrogens with one attached hydrogen (secondary N) is 3. The van der Waals surface area contributed by atoms with E-state index in [-0.39, 0.29) is 17.6 Å². The second kappa shape index (κ2) is 9.60. The van der Waals surface area contributed by atoms with Crippen LogP contribution >= 0.6 is 0 Å². The van der Waals surface area contributed by atoms with E-state index in [9.17, 15) is 9.59 Å². The van der Waals surface area contributed by atoms with Gasteiger partial charge in [-0.1, -0.05) is 13.8 Å². The molecule has 0 radical (unpaired) electrons. The summed E-state index contributed by atoms with van der Waals surface area (Å²) < 4.78 is 5.20. The fraction of sp³-hybridized carbons (Fsp3) is 0.875. The number of urea groups is 2. The molecule has 0 saturated carbocycles. The predicted molar refractivity (Wildman–Crippen MR) is 90.5 cm³/mol. The average molecular weight is 328 g/mol. The minimum Gasteiger partial charge on any atom is -0.385 e. The molecule has 0 bridgehead atoms. The molecule has 0 spiro atoms. The lowest BCUT2D eigenvalue weighted by Gasteiger charge is -2.42. The van der Waals surface area contributed by atoms with E-state index >= 15 is 0 Å². The summed E-state index contributed by atoms with van der Waals surface area (Å²) in [6.07, 6.45) is 2.23. The molecule has 1 aliphatic heterocycles. The Labute approximate surface area is 139 Å². The molecule has 0 aromatic rings. The number of nitrogens with zero attached hydrogens (tertiary/aromatic N) is 1. The molecule has 1 rings (SSSR count). The number of carbonyl (C=O) groups excluding carboxylic acids is 2. The van der Waals surface area contributed by atoms with Crippen molar-refractivity contribution < 1.29 is 14.3 Å². The largest absolute Gasteiger partial charge is 0.385 e. The van der Waals surface area contributed by atoms with E-state index in [0.717, 1.165) is 19.3 Å². The maximum Gasteiger partial charge on any atom is 0.317 e. The van der Waals surface area contributed by atoms with Crippen LogP contribution in [0.2, 0.25) is 0 Å². The molecule has 1 fully saturated rings. The van der Waals surface area contributed by atoms with Gasteiger partial charge in [0.25, 0.3) is 0 Å². The molecule has 0 aromatic carbocycles. The second-order valence-electron chi connectivity index (χ2n) is 6.57. The van der Waals surface area contributed by atoms with E-state index in [1.54, 1.807) is 7.11 Å². The van der Waals surface area contributed by atoms with Crippen LogP contribution in [0.5, 0.6) is 0 Å². The van der Waals surface area contributed by atoms with Crippen LogP contribution in [0.4, 0.5) is 9.59 Å². The van der Waals surface area contributed by atoms with Crippen LogP contribution in [0, 0.1) is 5.92 Å². The van der Waals surface area contributed by atoms with Gasteiger partial charge in [-0.05, 0) is 32.1 Å². The van der Waals surface area contributed by atoms with Crippen molar-refractivity contribution in [1.82, 2.24) is 20.9 Å². The first-order chi connectivity index (χ1) is 10.9. The SMILES string of the molecule is CCNC(=O)N1CCC(CCOC)(NC(=O)NCC(C)C)CC1. The van der Waals surface area contributed by atoms with Crippen molar-refractivity contribution in [3.63, 3.8) is 0 Å². The molecule has 1 saturated heterocycles. The normalized spacial score (nSPS) is 17.0. The summed E-state index contributed by atoms with van der Waals surface area (Å²) in [5, 5.41) is 8.85. The van der Waals surface area contributed by atoms with Crippen molar-refractivity contribution in [2.75, 3.05) is 39.9 Å². The van der Waals surface area contributed by atoms with Gasteiger partial charge in [0, 0.05) is 45.4 Å². The van der Waals surface area contributed by atoms with Crippen LogP contribution in [0.1, 0.15) is 40.0 Å². The van der Waals surface area contributed by atoms with E-state index < -0.39 is 0 Å². The number of hydrogen-bond acceptors (Lipinski definition) is 3. The van der Waals surface area contributed by atoms with Crippen LogP contribution in [0.15, 0.2) is 0 Å². The minimum absolute atomic E-state index is 0.0305. The van der Waals surface area contributed by atoms with Crippen molar-refractivity contribution in [3.05, 3.63) is 0 Å². The zero-order valence-electron chi connectivity index (χ0n) is 14.9. The van der Waals surface area contributed by atoms with Crippen LogP contribution in [0.3, 0.4) is 0 Å². The lowest BCUT2D eigenvalue weighted by atomic mass is 9.84. The van der Waals surface area contributed by atoms with Crippen LogP contribution in [-0.2, 0) is 4.74 Å². The Morgan fingerprint density at radius 1 is 1.22 bits per heavy atom. The molecule has 7 heteroatoms. The number of piperidine rings is 1. The number of carbonyl (C=O) groups is 2. The number of hydrogen-bond donors (Lipinski definition) is 3. The van der Waals surface area contributed by atoms with Gasteiger partial charge in [0.2, 0.25) is 0 Å². The predicted octanol–water partition coefficient (Wildman–Crippen LogP) is 1.54. The van der Waals surface area contributed by atoms with E-state index in [2.05, 4.69) is 29.8 Å². The third-order valence-corrected chi connectivity index (χ3v) is 4.17. The average Bonchev–Trinajstić information content (AvgIpc) is 2.52. The Hall–Kier alpha value is -1.50. The first-order valence-corrected chi connectivity index (χ1v) is 8.50. The quantitative estimate of drug-likeness (QED) is 0.663. The van der Waals surface area contributed by atoms with Gasteiger partial charge in [0.15, 0.2) is 0 Å². The molecule has 1 heterocycles. The summed E-state index contributed by atoms with van der Waals surface area (Å²) in [6.45, 7) is 9.17. The zero-order chi connectivity index (χ0) is 17.3. The number of ether oxygens (including phenoxy) is 1. The number of likely N-dealkylation sites (tertiary alicyclic amines) is 1. The van der Waals surface area contributed by atoms with Crippen molar-refractivity contribution in [2.45, 2.75) is 45.6 Å². The van der Waals surface area contributed by atoms with Gasteiger partial charge >= 0.3 is 12.1 Å². The molecule has 0 aliphatic carbocycles. The molecule has 7 nitrogen and oxygen atoms in total. The van der Waals surface area contributed by atoms with Crippen molar-refractivity contribution in [2.24, 2.45) is 5.92 Å². The Kier molecular flexibility index (Phi) is 8.16. The number of methoxy groups -OCH3 is 1. The second-order valence-corrected chi connectivity index (χ2v) is 6.57. The summed E-state index contributed by atoms with van der Waals surface area (Å²) in [5.41, 5.74) is -0.305. The highest BCUT2D eigenvalue weighted by molar-refractivity contribution is 5.75. The fourth-order valence-corrected chi connectivity index (χ4v) is 2.72. The highest BCUT2D eigenvalue weighted by Crippen LogP contribution is 2.26. The number of amides is 4. The van der Waals surface area contributed by atoms with Gasteiger partial charge in [-0.3, -0.25) is 0 Å². The zero-order valence-corrected chi connectivity index (χ0v) is 14.9. The highest BCUT2D eigenvalue weighted by Gasteiger charge is 2.36. The molecule has 0 aromatic heterocycles. The third-order valence-electron chi connectivity index (χ3n) is 4.17. The molecular formula is C16H32N4O3. The lowest BCUT2D eigenvalue weighted by Crippen LogP contribution is -2.59. The van der Waals surface area contributed by atoms with E-state index in [0.29, 0.717) is 38.7 Å². The van der Waals surface area contributed by atoms with E-state index in [1.807, 2.05) is 11.8 Å². The molecule has 0 atom stereocenters.